The fourth-order valence-corrected chi connectivity index (χ4v) is 2.79. The zero-order valence-corrected chi connectivity index (χ0v) is 11.2. The molecule has 0 bridgehead atoms. The van der Waals surface area contributed by atoms with Crippen LogP contribution in [0.1, 0.15) is 39.0 Å². The van der Waals surface area contributed by atoms with Gasteiger partial charge >= 0.3 is 12.1 Å². The van der Waals surface area contributed by atoms with Gasteiger partial charge in [0, 0.05) is 7.11 Å². The highest BCUT2D eigenvalue weighted by molar-refractivity contribution is 5.69. The highest BCUT2D eigenvalue weighted by atomic mass is 19.4. The molecule has 0 radical (unpaired) electrons. The number of methoxy groups -OCH3 is 1. The molecule has 0 aromatic rings. The third kappa shape index (κ3) is 4.67. The van der Waals surface area contributed by atoms with E-state index >= 15 is 0 Å². The number of carbonyl (C=O) groups is 1. The van der Waals surface area contributed by atoms with Crippen molar-refractivity contribution in [1.82, 2.24) is 0 Å². The van der Waals surface area contributed by atoms with Crippen molar-refractivity contribution >= 4 is 5.97 Å². The lowest BCUT2D eigenvalue weighted by Gasteiger charge is -2.32. The normalized spacial score (nSPS) is 27.8. The van der Waals surface area contributed by atoms with Gasteiger partial charge in [-0.3, -0.25) is 4.79 Å². The van der Waals surface area contributed by atoms with E-state index in [4.69, 9.17) is 5.11 Å². The van der Waals surface area contributed by atoms with E-state index in [0.29, 0.717) is 25.7 Å². The van der Waals surface area contributed by atoms with E-state index in [1.165, 1.54) is 0 Å². The first-order valence-corrected chi connectivity index (χ1v) is 6.58. The zero-order chi connectivity index (χ0) is 14.6. The van der Waals surface area contributed by atoms with Gasteiger partial charge in [-0.1, -0.05) is 19.8 Å². The summed E-state index contributed by atoms with van der Waals surface area (Å²) < 4.78 is 42.3. The van der Waals surface area contributed by atoms with Gasteiger partial charge in [0.15, 0.2) is 6.10 Å². The maximum atomic E-state index is 12.6. The van der Waals surface area contributed by atoms with Crippen molar-refractivity contribution in [3.63, 3.8) is 0 Å². The van der Waals surface area contributed by atoms with Gasteiger partial charge < -0.3 is 9.84 Å². The molecule has 1 rings (SSSR count). The Hall–Kier alpha value is -0.780. The Bertz CT molecular complexity index is 296. The van der Waals surface area contributed by atoms with Gasteiger partial charge in [0.1, 0.15) is 0 Å². The van der Waals surface area contributed by atoms with Crippen molar-refractivity contribution in [2.45, 2.75) is 51.3 Å². The molecule has 1 fully saturated rings. The van der Waals surface area contributed by atoms with Gasteiger partial charge in [0.2, 0.25) is 0 Å². The Balaban J connectivity index is 2.44. The molecule has 0 aromatic heterocycles. The molecule has 0 spiro atoms. The molecular formula is C13H21F3O3. The lowest BCUT2D eigenvalue weighted by Crippen LogP contribution is -2.34. The second kappa shape index (κ2) is 6.59. The van der Waals surface area contributed by atoms with Crippen LogP contribution in [0, 0.1) is 17.8 Å². The molecule has 112 valence electrons. The fraction of sp³-hybridized carbons (Fsp3) is 0.923. The van der Waals surface area contributed by atoms with E-state index in [2.05, 4.69) is 4.74 Å². The van der Waals surface area contributed by atoms with Crippen LogP contribution in [0.25, 0.3) is 0 Å². The summed E-state index contributed by atoms with van der Waals surface area (Å²) in [6, 6.07) is 0. The molecule has 0 amide bonds. The zero-order valence-electron chi connectivity index (χ0n) is 11.2. The summed E-state index contributed by atoms with van der Waals surface area (Å²) in [6.45, 7) is 1.67. The fourth-order valence-electron chi connectivity index (χ4n) is 2.79. The number of alkyl halides is 3. The first kappa shape index (κ1) is 16.3. The minimum atomic E-state index is -4.32. The van der Waals surface area contributed by atoms with Crippen LogP contribution in [0.5, 0.6) is 0 Å². The van der Waals surface area contributed by atoms with Gasteiger partial charge in [-0.05, 0) is 31.1 Å². The molecule has 2 unspecified atom stereocenters. The molecule has 0 aliphatic heterocycles. The van der Waals surface area contributed by atoms with E-state index < -0.39 is 24.2 Å². The second-order valence-electron chi connectivity index (χ2n) is 5.41. The monoisotopic (exact) mass is 282 g/mol. The average molecular weight is 282 g/mol. The van der Waals surface area contributed by atoms with Crippen molar-refractivity contribution in [2.75, 3.05) is 7.11 Å². The predicted molar refractivity (Wildman–Crippen MR) is 63.7 cm³/mol. The summed E-state index contributed by atoms with van der Waals surface area (Å²) >= 11 is 0. The summed E-state index contributed by atoms with van der Waals surface area (Å²) in [4.78, 5) is 10.9. The molecule has 0 aromatic carbocycles. The molecule has 2 atom stereocenters. The van der Waals surface area contributed by atoms with Crippen LogP contribution in [0.15, 0.2) is 0 Å². The third-order valence-electron chi connectivity index (χ3n) is 4.19. The Morgan fingerprint density at radius 1 is 1.32 bits per heavy atom. The van der Waals surface area contributed by atoms with Gasteiger partial charge in [-0.15, -0.1) is 0 Å². The Kier molecular flexibility index (Phi) is 5.64. The minimum Gasteiger partial charge on any atom is -0.481 e. The van der Waals surface area contributed by atoms with Gasteiger partial charge in [0.25, 0.3) is 0 Å². The van der Waals surface area contributed by atoms with Crippen LogP contribution in [0.2, 0.25) is 0 Å². The van der Waals surface area contributed by atoms with Gasteiger partial charge in [0.05, 0.1) is 5.92 Å². The summed E-state index contributed by atoms with van der Waals surface area (Å²) in [5, 5.41) is 8.92. The van der Waals surface area contributed by atoms with Crippen molar-refractivity contribution in [2.24, 2.45) is 17.8 Å². The van der Waals surface area contributed by atoms with Crippen molar-refractivity contribution in [3.05, 3.63) is 0 Å². The molecule has 6 heteroatoms. The largest absolute Gasteiger partial charge is 0.481 e. The number of hydrogen-bond donors (Lipinski definition) is 1. The first-order chi connectivity index (χ1) is 8.75. The Morgan fingerprint density at radius 2 is 1.84 bits per heavy atom. The number of rotatable bonds is 5. The molecule has 3 nitrogen and oxygen atoms in total. The topological polar surface area (TPSA) is 46.5 Å². The van der Waals surface area contributed by atoms with Crippen LogP contribution in [-0.2, 0) is 9.53 Å². The van der Waals surface area contributed by atoms with Crippen LogP contribution in [0.3, 0.4) is 0 Å². The molecule has 1 aliphatic carbocycles. The number of halogens is 3. The Labute approximate surface area is 111 Å². The highest BCUT2D eigenvalue weighted by Crippen LogP contribution is 2.38. The first-order valence-electron chi connectivity index (χ1n) is 6.58. The summed E-state index contributed by atoms with van der Waals surface area (Å²) in [5.74, 6) is -1.18. The second-order valence-corrected chi connectivity index (χ2v) is 5.41. The van der Waals surface area contributed by atoms with E-state index in [1.54, 1.807) is 6.92 Å². The van der Waals surface area contributed by atoms with Crippen molar-refractivity contribution < 1.29 is 27.8 Å². The highest BCUT2D eigenvalue weighted by Gasteiger charge is 2.41. The number of ether oxygens (including phenoxy) is 1. The van der Waals surface area contributed by atoms with Gasteiger partial charge in [-0.2, -0.15) is 13.2 Å². The molecule has 1 N–H and O–H groups in total. The lowest BCUT2D eigenvalue weighted by molar-refractivity contribution is -0.218. The maximum Gasteiger partial charge on any atom is 0.414 e. The average Bonchev–Trinajstić information content (AvgIpc) is 2.34. The number of carboxylic acids is 1. The molecule has 0 saturated heterocycles. The standard InChI is InChI=1S/C13H21F3O3/c1-8(12(17)18)10-5-3-9(4-6-10)7-11(19-2)13(14,15)16/h8-11H,3-7H2,1-2H3,(H,17,18). The molecule has 19 heavy (non-hydrogen) atoms. The van der Waals surface area contributed by atoms with Crippen LogP contribution in [0.4, 0.5) is 13.2 Å². The van der Waals surface area contributed by atoms with E-state index in [9.17, 15) is 18.0 Å². The van der Waals surface area contributed by atoms with E-state index in [0.717, 1.165) is 7.11 Å². The maximum absolute atomic E-state index is 12.6. The molecule has 1 aliphatic rings. The van der Waals surface area contributed by atoms with Crippen LogP contribution in [-0.4, -0.2) is 30.5 Å². The lowest BCUT2D eigenvalue weighted by atomic mass is 9.75. The predicted octanol–water partition coefficient (Wildman–Crippen LogP) is 3.48. The number of aliphatic carboxylic acids is 1. The number of carboxylic acid groups (broad SMARTS) is 1. The Morgan fingerprint density at radius 3 is 2.21 bits per heavy atom. The van der Waals surface area contributed by atoms with Crippen LogP contribution >= 0.6 is 0 Å². The van der Waals surface area contributed by atoms with Crippen LogP contribution < -0.4 is 0 Å². The quantitative estimate of drug-likeness (QED) is 0.839. The molecular weight excluding hydrogens is 261 g/mol. The summed E-state index contributed by atoms with van der Waals surface area (Å²) in [5.41, 5.74) is 0. The van der Waals surface area contributed by atoms with E-state index in [1.807, 2.05) is 0 Å². The SMILES string of the molecule is COC(CC1CCC(C(C)C(=O)O)CC1)C(F)(F)F. The van der Waals surface area contributed by atoms with E-state index in [-0.39, 0.29) is 18.3 Å². The summed E-state index contributed by atoms with van der Waals surface area (Å²) in [7, 11) is 1.08. The molecule has 0 heterocycles. The van der Waals surface area contributed by atoms with Gasteiger partial charge in [-0.25, -0.2) is 0 Å². The smallest absolute Gasteiger partial charge is 0.414 e. The van der Waals surface area contributed by atoms with Crippen molar-refractivity contribution in [3.8, 4) is 0 Å². The summed E-state index contributed by atoms with van der Waals surface area (Å²) in [6.07, 6.45) is -3.37. The minimum absolute atomic E-state index is 0.0197. The number of hydrogen-bond acceptors (Lipinski definition) is 2. The van der Waals surface area contributed by atoms with Crippen molar-refractivity contribution in [1.29, 1.82) is 0 Å². The third-order valence-corrected chi connectivity index (χ3v) is 4.19. The molecule has 1 saturated carbocycles.